The molecule has 0 saturated carbocycles. The molecule has 0 fully saturated rings. The maximum absolute atomic E-state index is 12.1. The van der Waals surface area contributed by atoms with Gasteiger partial charge in [-0.1, -0.05) is 0 Å². The average Bonchev–Trinajstić information content (AvgIpc) is 1.77. The highest BCUT2D eigenvalue weighted by atomic mass is 19.4. The van der Waals surface area contributed by atoms with Crippen LogP contribution in [0.1, 0.15) is 6.42 Å². The molecule has 0 aromatic rings. The van der Waals surface area contributed by atoms with E-state index in [2.05, 4.69) is 0 Å². The number of rotatable bonds is 3. The Balaban J connectivity index is 4.67. The zero-order chi connectivity index (χ0) is 11.4. The average molecular weight is 209 g/mol. The zero-order valence-electron chi connectivity index (χ0n) is 8.89. The van der Waals surface area contributed by atoms with E-state index in [9.17, 15) is 13.2 Å². The van der Waals surface area contributed by atoms with E-state index < -0.39 is 12.6 Å². The van der Waals surface area contributed by atoms with Crippen molar-refractivity contribution in [3.05, 3.63) is 11.8 Å². The molecular formula is C9H16F3N2+. The van der Waals surface area contributed by atoms with Crippen molar-refractivity contribution < 1.29 is 17.7 Å². The summed E-state index contributed by atoms with van der Waals surface area (Å²) in [6.45, 7) is 0. The molecule has 0 aliphatic carbocycles. The van der Waals surface area contributed by atoms with Crippen molar-refractivity contribution in [3.8, 4) is 0 Å². The Hall–Kier alpha value is -1.00. The highest BCUT2D eigenvalue weighted by Crippen LogP contribution is 2.23. The third-order valence-corrected chi connectivity index (χ3v) is 1.25. The standard InChI is InChI=1S/C9H16F3N2/c1-13(2)6-8(7-14(3)4)5-9(10,11)12/h6-7H,5H2,1-4H3/q+1. The fraction of sp³-hybridized carbons (Fsp3) is 0.667. The van der Waals surface area contributed by atoms with Crippen LogP contribution in [-0.4, -0.2) is 50.1 Å². The molecule has 0 aliphatic heterocycles. The normalized spacial score (nSPS) is 12.6. The van der Waals surface area contributed by atoms with Crippen molar-refractivity contribution in [2.24, 2.45) is 0 Å². The Labute approximate surface area is 82.3 Å². The molecule has 0 amide bonds. The van der Waals surface area contributed by atoms with Crippen molar-refractivity contribution in [1.29, 1.82) is 0 Å². The summed E-state index contributed by atoms with van der Waals surface area (Å²) in [4.78, 5) is 1.60. The van der Waals surface area contributed by atoms with Gasteiger partial charge in [-0.25, -0.2) is 4.58 Å². The van der Waals surface area contributed by atoms with Gasteiger partial charge in [-0.15, -0.1) is 0 Å². The van der Waals surface area contributed by atoms with Gasteiger partial charge < -0.3 is 4.90 Å². The summed E-state index contributed by atoms with van der Waals surface area (Å²) in [5, 5.41) is 0. The molecule has 0 unspecified atom stereocenters. The van der Waals surface area contributed by atoms with Gasteiger partial charge in [0.15, 0.2) is 6.21 Å². The molecule has 2 nitrogen and oxygen atoms in total. The van der Waals surface area contributed by atoms with Crippen molar-refractivity contribution in [1.82, 2.24) is 4.90 Å². The van der Waals surface area contributed by atoms with Gasteiger partial charge in [-0.2, -0.15) is 13.2 Å². The van der Waals surface area contributed by atoms with Crippen LogP contribution in [0, 0.1) is 0 Å². The lowest BCUT2D eigenvalue weighted by atomic mass is 10.2. The predicted molar refractivity (Wildman–Crippen MR) is 50.6 cm³/mol. The summed E-state index contributed by atoms with van der Waals surface area (Å²) in [7, 11) is 6.78. The minimum Gasteiger partial charge on any atom is -0.383 e. The monoisotopic (exact) mass is 209 g/mol. The minimum absolute atomic E-state index is 0.243. The summed E-state index contributed by atoms with van der Waals surface area (Å²) in [5.74, 6) is 0. The van der Waals surface area contributed by atoms with E-state index in [1.807, 2.05) is 0 Å². The molecule has 0 aromatic heterocycles. The molecule has 0 rings (SSSR count). The van der Waals surface area contributed by atoms with Crippen LogP contribution in [0.3, 0.4) is 0 Å². The van der Waals surface area contributed by atoms with Crippen LogP contribution in [0.25, 0.3) is 0 Å². The molecule has 0 N–H and O–H groups in total. The number of alkyl halides is 3. The maximum Gasteiger partial charge on any atom is 0.393 e. The van der Waals surface area contributed by atoms with E-state index in [0.717, 1.165) is 0 Å². The number of hydrogen-bond acceptors (Lipinski definition) is 1. The van der Waals surface area contributed by atoms with E-state index in [1.165, 1.54) is 12.4 Å². The molecule has 0 heterocycles. The van der Waals surface area contributed by atoms with Crippen molar-refractivity contribution >= 4 is 6.21 Å². The van der Waals surface area contributed by atoms with Gasteiger partial charge in [0.1, 0.15) is 14.1 Å². The van der Waals surface area contributed by atoms with Gasteiger partial charge in [-0.05, 0) is 0 Å². The molecule has 5 heteroatoms. The topological polar surface area (TPSA) is 6.25 Å². The first-order valence-corrected chi connectivity index (χ1v) is 4.16. The fourth-order valence-electron chi connectivity index (χ4n) is 1.02. The molecular weight excluding hydrogens is 193 g/mol. The quantitative estimate of drug-likeness (QED) is 0.507. The Kier molecular flexibility index (Phi) is 4.67. The Bertz CT molecular complexity index is 235. The molecule has 82 valence electrons. The first-order chi connectivity index (χ1) is 6.20. The predicted octanol–water partition coefficient (Wildman–Crippen LogP) is 1.73. The van der Waals surface area contributed by atoms with E-state index in [0.29, 0.717) is 0 Å². The smallest absolute Gasteiger partial charge is 0.383 e. The van der Waals surface area contributed by atoms with Gasteiger partial charge in [-0.3, -0.25) is 0 Å². The number of halogens is 3. The fourth-order valence-corrected chi connectivity index (χ4v) is 1.02. The van der Waals surface area contributed by atoms with E-state index >= 15 is 0 Å². The first-order valence-electron chi connectivity index (χ1n) is 4.16. The Morgan fingerprint density at radius 1 is 1.29 bits per heavy atom. The van der Waals surface area contributed by atoms with Gasteiger partial charge in [0.25, 0.3) is 0 Å². The molecule has 0 saturated heterocycles. The number of allylic oxidation sites excluding steroid dienone is 1. The van der Waals surface area contributed by atoms with E-state index in [-0.39, 0.29) is 5.57 Å². The molecule has 0 spiro atoms. The number of nitrogens with zero attached hydrogens (tertiary/aromatic N) is 2. The van der Waals surface area contributed by atoms with Crippen LogP contribution < -0.4 is 0 Å². The van der Waals surface area contributed by atoms with Crippen molar-refractivity contribution in [2.75, 3.05) is 28.2 Å². The summed E-state index contributed by atoms with van der Waals surface area (Å²) >= 11 is 0. The van der Waals surface area contributed by atoms with Crippen LogP contribution in [0.4, 0.5) is 13.2 Å². The van der Waals surface area contributed by atoms with E-state index in [4.69, 9.17) is 0 Å². The van der Waals surface area contributed by atoms with Crippen LogP contribution in [0.2, 0.25) is 0 Å². The van der Waals surface area contributed by atoms with Gasteiger partial charge in [0.05, 0.1) is 6.42 Å². The third-order valence-electron chi connectivity index (χ3n) is 1.25. The zero-order valence-corrected chi connectivity index (χ0v) is 8.89. The van der Waals surface area contributed by atoms with Gasteiger partial charge >= 0.3 is 6.18 Å². The lowest BCUT2D eigenvalue weighted by molar-refractivity contribution is -0.459. The lowest BCUT2D eigenvalue weighted by Crippen LogP contribution is -2.14. The highest BCUT2D eigenvalue weighted by molar-refractivity contribution is 5.74. The summed E-state index contributed by atoms with van der Waals surface area (Å²) in [6.07, 6.45) is -2.13. The molecule has 0 aliphatic rings. The maximum atomic E-state index is 12.1. The van der Waals surface area contributed by atoms with Gasteiger partial charge in [0.2, 0.25) is 0 Å². The SMILES string of the molecule is CN(C)/C=C(/C=[N+](C)C)CC(F)(F)F. The second kappa shape index (κ2) is 5.02. The van der Waals surface area contributed by atoms with E-state index in [1.54, 1.807) is 37.7 Å². The lowest BCUT2D eigenvalue weighted by Gasteiger charge is -2.09. The Morgan fingerprint density at radius 3 is 2.07 bits per heavy atom. The highest BCUT2D eigenvalue weighted by Gasteiger charge is 2.29. The van der Waals surface area contributed by atoms with Gasteiger partial charge in [0, 0.05) is 25.9 Å². The Morgan fingerprint density at radius 2 is 1.79 bits per heavy atom. The summed E-state index contributed by atoms with van der Waals surface area (Å²) in [5.41, 5.74) is 0.243. The third kappa shape index (κ3) is 7.64. The molecule has 0 radical (unpaired) electrons. The van der Waals surface area contributed by atoms with Crippen molar-refractivity contribution in [2.45, 2.75) is 12.6 Å². The molecule has 0 atom stereocenters. The van der Waals surface area contributed by atoms with Crippen LogP contribution in [-0.2, 0) is 0 Å². The second-order valence-electron chi connectivity index (χ2n) is 3.55. The molecule has 0 bridgehead atoms. The summed E-state index contributed by atoms with van der Waals surface area (Å²) < 4.78 is 37.9. The second-order valence-corrected chi connectivity index (χ2v) is 3.55. The van der Waals surface area contributed by atoms with Crippen LogP contribution >= 0.6 is 0 Å². The van der Waals surface area contributed by atoms with Crippen molar-refractivity contribution in [3.63, 3.8) is 0 Å². The largest absolute Gasteiger partial charge is 0.393 e. The van der Waals surface area contributed by atoms with Crippen LogP contribution in [0.15, 0.2) is 11.8 Å². The first kappa shape index (κ1) is 13.0. The molecule has 0 aromatic carbocycles. The van der Waals surface area contributed by atoms with Crippen LogP contribution in [0.5, 0.6) is 0 Å². The summed E-state index contributed by atoms with van der Waals surface area (Å²) in [6, 6.07) is 0. The minimum atomic E-state index is -4.16. The molecule has 14 heavy (non-hydrogen) atoms. The number of hydrogen-bond donors (Lipinski definition) is 0.